The minimum atomic E-state index is -0.0928. The highest BCUT2D eigenvalue weighted by Crippen LogP contribution is 2.24. The van der Waals surface area contributed by atoms with Crippen molar-refractivity contribution in [3.63, 3.8) is 0 Å². The lowest BCUT2D eigenvalue weighted by molar-refractivity contribution is -0.113. The molecule has 0 spiro atoms. The standard InChI is InChI=1S/C26H28N6OS/c1-19-9-7-8-12-23(19)27-17-24-29-30-26(32(24)22-10-5-4-6-11-22)34-18-25(33)28-20-13-15-21(16-14-20)31(2)3/h4-16,27H,17-18H2,1-3H3,(H,28,33). The Morgan fingerprint density at radius 1 is 0.941 bits per heavy atom. The van der Waals surface area contributed by atoms with Crippen LogP contribution in [0.25, 0.3) is 5.69 Å². The molecule has 7 nitrogen and oxygen atoms in total. The summed E-state index contributed by atoms with van der Waals surface area (Å²) in [5.74, 6) is 0.910. The second-order valence-electron chi connectivity index (χ2n) is 8.02. The second-order valence-corrected chi connectivity index (χ2v) is 8.96. The monoisotopic (exact) mass is 472 g/mol. The van der Waals surface area contributed by atoms with Gasteiger partial charge in [0.2, 0.25) is 5.91 Å². The van der Waals surface area contributed by atoms with E-state index in [9.17, 15) is 4.79 Å². The van der Waals surface area contributed by atoms with Crippen LogP contribution in [-0.4, -0.2) is 40.5 Å². The Morgan fingerprint density at radius 3 is 2.35 bits per heavy atom. The first-order valence-corrected chi connectivity index (χ1v) is 12.0. The van der Waals surface area contributed by atoms with Crippen LogP contribution in [0.4, 0.5) is 17.1 Å². The zero-order valence-electron chi connectivity index (χ0n) is 19.5. The molecule has 34 heavy (non-hydrogen) atoms. The summed E-state index contributed by atoms with van der Waals surface area (Å²) in [7, 11) is 3.97. The fraction of sp³-hybridized carbons (Fsp3) is 0.192. The molecule has 0 atom stereocenters. The van der Waals surface area contributed by atoms with E-state index < -0.39 is 0 Å². The van der Waals surface area contributed by atoms with Crippen LogP contribution in [0, 0.1) is 6.92 Å². The third-order valence-corrected chi connectivity index (χ3v) is 6.23. The van der Waals surface area contributed by atoms with Gasteiger partial charge in [0.15, 0.2) is 11.0 Å². The molecule has 2 N–H and O–H groups in total. The van der Waals surface area contributed by atoms with Crippen LogP contribution in [0.3, 0.4) is 0 Å². The Morgan fingerprint density at radius 2 is 1.65 bits per heavy atom. The van der Waals surface area contributed by atoms with Crippen molar-refractivity contribution in [2.75, 3.05) is 35.4 Å². The Bertz CT molecular complexity index is 1240. The van der Waals surface area contributed by atoms with Gasteiger partial charge in [-0.25, -0.2) is 0 Å². The third-order valence-electron chi connectivity index (χ3n) is 5.30. The van der Waals surface area contributed by atoms with E-state index in [1.165, 1.54) is 11.8 Å². The quantitative estimate of drug-likeness (QED) is 0.335. The SMILES string of the molecule is Cc1ccccc1NCc1nnc(SCC(=O)Nc2ccc(N(C)C)cc2)n1-c1ccccc1. The van der Waals surface area contributed by atoms with E-state index in [1.54, 1.807) is 0 Å². The van der Waals surface area contributed by atoms with E-state index >= 15 is 0 Å². The summed E-state index contributed by atoms with van der Waals surface area (Å²) in [6.45, 7) is 2.58. The lowest BCUT2D eigenvalue weighted by atomic mass is 10.2. The van der Waals surface area contributed by atoms with Crippen LogP contribution >= 0.6 is 11.8 Å². The number of para-hydroxylation sites is 2. The molecule has 0 aliphatic heterocycles. The van der Waals surface area contributed by atoms with Crippen molar-refractivity contribution in [2.45, 2.75) is 18.6 Å². The highest BCUT2D eigenvalue weighted by molar-refractivity contribution is 7.99. The van der Waals surface area contributed by atoms with E-state index in [0.29, 0.717) is 11.7 Å². The summed E-state index contributed by atoms with van der Waals surface area (Å²) in [4.78, 5) is 14.6. The molecule has 0 aliphatic carbocycles. The van der Waals surface area contributed by atoms with Gasteiger partial charge < -0.3 is 15.5 Å². The fourth-order valence-electron chi connectivity index (χ4n) is 3.46. The van der Waals surface area contributed by atoms with Crippen molar-refractivity contribution in [1.82, 2.24) is 14.8 Å². The van der Waals surface area contributed by atoms with Gasteiger partial charge in [-0.05, 0) is 55.0 Å². The normalized spacial score (nSPS) is 10.7. The van der Waals surface area contributed by atoms with Gasteiger partial charge in [0.1, 0.15) is 0 Å². The number of thioether (sulfide) groups is 1. The number of carbonyl (C=O) groups excluding carboxylic acids is 1. The van der Waals surface area contributed by atoms with Crippen LogP contribution in [-0.2, 0) is 11.3 Å². The molecule has 3 aromatic carbocycles. The molecule has 8 heteroatoms. The van der Waals surface area contributed by atoms with Gasteiger partial charge in [-0.3, -0.25) is 9.36 Å². The molecule has 1 heterocycles. The number of hydrogen-bond donors (Lipinski definition) is 2. The van der Waals surface area contributed by atoms with Gasteiger partial charge in [0, 0.05) is 36.8 Å². The molecule has 1 aromatic heterocycles. The number of hydrogen-bond acceptors (Lipinski definition) is 6. The lowest BCUT2D eigenvalue weighted by Crippen LogP contribution is -2.15. The maximum Gasteiger partial charge on any atom is 0.234 e. The molecule has 174 valence electrons. The van der Waals surface area contributed by atoms with Crippen LogP contribution in [0.1, 0.15) is 11.4 Å². The molecule has 0 saturated heterocycles. The Balaban J connectivity index is 1.46. The van der Waals surface area contributed by atoms with E-state index in [4.69, 9.17) is 0 Å². The molecule has 0 unspecified atom stereocenters. The zero-order valence-corrected chi connectivity index (χ0v) is 20.3. The minimum Gasteiger partial charge on any atom is -0.378 e. The first-order valence-electron chi connectivity index (χ1n) is 11.0. The largest absolute Gasteiger partial charge is 0.378 e. The van der Waals surface area contributed by atoms with Gasteiger partial charge in [-0.15, -0.1) is 10.2 Å². The molecule has 4 rings (SSSR count). The molecule has 0 radical (unpaired) electrons. The van der Waals surface area contributed by atoms with Crippen LogP contribution in [0.15, 0.2) is 84.0 Å². The predicted molar refractivity (Wildman–Crippen MR) is 140 cm³/mol. The highest BCUT2D eigenvalue weighted by atomic mass is 32.2. The topological polar surface area (TPSA) is 75.1 Å². The van der Waals surface area contributed by atoms with Crippen LogP contribution in [0.2, 0.25) is 0 Å². The van der Waals surface area contributed by atoms with E-state index in [1.807, 2.05) is 96.4 Å². The smallest absolute Gasteiger partial charge is 0.234 e. The minimum absolute atomic E-state index is 0.0928. The van der Waals surface area contributed by atoms with Crippen LogP contribution in [0.5, 0.6) is 0 Å². The van der Waals surface area contributed by atoms with Gasteiger partial charge in [0.05, 0.1) is 12.3 Å². The number of aryl methyl sites for hydroxylation is 1. The van der Waals surface area contributed by atoms with Gasteiger partial charge in [-0.2, -0.15) is 0 Å². The number of anilines is 3. The highest BCUT2D eigenvalue weighted by Gasteiger charge is 2.16. The third kappa shape index (κ3) is 5.77. The molecule has 0 bridgehead atoms. The molecule has 0 aliphatic rings. The second kappa shape index (κ2) is 10.9. The molecule has 0 fully saturated rings. The number of carbonyl (C=O) groups is 1. The van der Waals surface area contributed by atoms with Crippen molar-refractivity contribution in [3.8, 4) is 5.69 Å². The maximum absolute atomic E-state index is 12.6. The molecule has 0 saturated carbocycles. The first-order chi connectivity index (χ1) is 16.5. The average molecular weight is 473 g/mol. The summed E-state index contributed by atoms with van der Waals surface area (Å²) in [5.41, 5.74) is 5.02. The fourth-order valence-corrected chi connectivity index (χ4v) is 4.23. The van der Waals surface area contributed by atoms with Gasteiger partial charge >= 0.3 is 0 Å². The zero-order chi connectivity index (χ0) is 23.9. The Kier molecular flexibility index (Phi) is 7.49. The summed E-state index contributed by atoms with van der Waals surface area (Å²) >= 11 is 1.36. The van der Waals surface area contributed by atoms with Gasteiger partial charge in [0.25, 0.3) is 0 Å². The van der Waals surface area contributed by atoms with Crippen molar-refractivity contribution < 1.29 is 4.79 Å². The van der Waals surface area contributed by atoms with Crippen molar-refractivity contribution >= 4 is 34.7 Å². The molecular formula is C26H28N6OS. The average Bonchev–Trinajstić information content (AvgIpc) is 3.26. The number of nitrogens with zero attached hydrogens (tertiary/aromatic N) is 4. The first kappa shape index (κ1) is 23.4. The number of nitrogens with one attached hydrogen (secondary N) is 2. The summed E-state index contributed by atoms with van der Waals surface area (Å²) in [6.07, 6.45) is 0. The summed E-state index contributed by atoms with van der Waals surface area (Å²) in [6, 6.07) is 25.8. The lowest BCUT2D eigenvalue weighted by Gasteiger charge is -2.13. The summed E-state index contributed by atoms with van der Waals surface area (Å²) in [5, 5.41) is 15.9. The molecular weight excluding hydrogens is 444 g/mol. The van der Waals surface area contributed by atoms with Crippen LogP contribution < -0.4 is 15.5 Å². The molecule has 4 aromatic rings. The Labute approximate surface area is 204 Å². The number of rotatable bonds is 9. The maximum atomic E-state index is 12.6. The van der Waals surface area contributed by atoms with Gasteiger partial charge in [-0.1, -0.05) is 48.2 Å². The van der Waals surface area contributed by atoms with E-state index in [0.717, 1.165) is 34.1 Å². The van der Waals surface area contributed by atoms with Crippen molar-refractivity contribution in [1.29, 1.82) is 0 Å². The van der Waals surface area contributed by atoms with Crippen molar-refractivity contribution in [3.05, 3.63) is 90.3 Å². The number of aromatic nitrogens is 3. The number of benzene rings is 3. The van der Waals surface area contributed by atoms with Crippen molar-refractivity contribution in [2.24, 2.45) is 0 Å². The summed E-state index contributed by atoms with van der Waals surface area (Å²) < 4.78 is 2.00. The van der Waals surface area contributed by atoms with E-state index in [2.05, 4.69) is 33.8 Å². The van der Waals surface area contributed by atoms with E-state index in [-0.39, 0.29) is 11.7 Å². The number of amides is 1. The molecule has 1 amide bonds. The Hall–Kier alpha value is -3.78. The predicted octanol–water partition coefficient (Wildman–Crippen LogP) is 4.98.